The minimum absolute atomic E-state index is 0.483. The van der Waals surface area contributed by atoms with E-state index in [0.29, 0.717) is 11.7 Å². The highest BCUT2D eigenvalue weighted by Gasteiger charge is 2.29. The average Bonchev–Trinajstić information content (AvgIpc) is 3.10. The van der Waals surface area contributed by atoms with Crippen LogP contribution in [0.15, 0.2) is 0 Å². The number of hydrogen-bond donors (Lipinski definition) is 0. The molecule has 0 aromatic rings. The van der Waals surface area contributed by atoms with Crippen LogP contribution in [0.5, 0.6) is 0 Å². The number of Topliss-reactive ketones (excluding diaryl/α,β-unsaturated/α-hetero) is 1. The summed E-state index contributed by atoms with van der Waals surface area (Å²) in [5, 5.41) is 0. The Morgan fingerprint density at radius 1 is 1.00 bits per heavy atom. The third-order valence-corrected chi connectivity index (χ3v) is 4.38. The fourth-order valence-corrected chi connectivity index (χ4v) is 2.88. The number of rotatable bonds is 5. The van der Waals surface area contributed by atoms with Crippen molar-refractivity contribution in [1.82, 2.24) is 0 Å². The van der Waals surface area contributed by atoms with E-state index >= 15 is 0 Å². The summed E-state index contributed by atoms with van der Waals surface area (Å²) in [6.45, 7) is 2.31. The second kappa shape index (κ2) is 5.14. The standard InChI is InChI=1S/C14H24O/c1-2-11-3-5-12(6-4-11)7-10-14(15)13-8-9-13/h11-13H,2-10H2,1H3. The van der Waals surface area contributed by atoms with Gasteiger partial charge in [0.1, 0.15) is 5.78 Å². The molecule has 86 valence electrons. The maximum Gasteiger partial charge on any atom is 0.135 e. The number of hydrogen-bond acceptors (Lipinski definition) is 1. The highest BCUT2D eigenvalue weighted by Crippen LogP contribution is 2.35. The molecular formula is C14H24O. The van der Waals surface area contributed by atoms with Gasteiger partial charge in [-0.15, -0.1) is 0 Å². The van der Waals surface area contributed by atoms with Crippen molar-refractivity contribution >= 4 is 5.78 Å². The first-order valence-corrected chi connectivity index (χ1v) is 6.82. The largest absolute Gasteiger partial charge is 0.299 e. The molecule has 2 aliphatic carbocycles. The van der Waals surface area contributed by atoms with Gasteiger partial charge in [-0.2, -0.15) is 0 Å². The van der Waals surface area contributed by atoms with Gasteiger partial charge >= 0.3 is 0 Å². The van der Waals surface area contributed by atoms with Gasteiger partial charge in [0.25, 0.3) is 0 Å². The summed E-state index contributed by atoms with van der Waals surface area (Å²) in [6.07, 6.45) is 11.4. The molecule has 0 N–H and O–H groups in total. The molecule has 2 rings (SSSR count). The quantitative estimate of drug-likeness (QED) is 0.668. The molecule has 0 radical (unpaired) electrons. The van der Waals surface area contributed by atoms with Gasteiger partial charge in [-0.3, -0.25) is 4.79 Å². The number of carbonyl (C=O) groups is 1. The van der Waals surface area contributed by atoms with Crippen LogP contribution in [0.2, 0.25) is 0 Å². The van der Waals surface area contributed by atoms with E-state index in [9.17, 15) is 4.79 Å². The molecule has 0 atom stereocenters. The topological polar surface area (TPSA) is 17.1 Å². The van der Waals surface area contributed by atoms with Gasteiger partial charge < -0.3 is 0 Å². The van der Waals surface area contributed by atoms with E-state index in [1.165, 1.54) is 51.4 Å². The highest BCUT2D eigenvalue weighted by molar-refractivity contribution is 5.83. The molecule has 2 saturated carbocycles. The van der Waals surface area contributed by atoms with Crippen molar-refractivity contribution in [3.8, 4) is 0 Å². The molecule has 1 heteroatoms. The molecular weight excluding hydrogens is 184 g/mol. The van der Waals surface area contributed by atoms with Crippen molar-refractivity contribution in [1.29, 1.82) is 0 Å². The Hall–Kier alpha value is -0.330. The lowest BCUT2D eigenvalue weighted by Gasteiger charge is -2.27. The van der Waals surface area contributed by atoms with Crippen LogP contribution in [0.25, 0.3) is 0 Å². The van der Waals surface area contributed by atoms with Gasteiger partial charge in [0.2, 0.25) is 0 Å². The first kappa shape index (κ1) is 11.2. The summed E-state index contributed by atoms with van der Waals surface area (Å²) >= 11 is 0. The minimum Gasteiger partial charge on any atom is -0.299 e. The molecule has 2 aliphatic rings. The van der Waals surface area contributed by atoms with E-state index in [2.05, 4.69) is 6.92 Å². The summed E-state index contributed by atoms with van der Waals surface area (Å²) in [6, 6.07) is 0. The normalized spacial score (nSPS) is 31.5. The zero-order valence-electron chi connectivity index (χ0n) is 10.0. The van der Waals surface area contributed by atoms with Crippen molar-refractivity contribution in [2.75, 3.05) is 0 Å². The van der Waals surface area contributed by atoms with Gasteiger partial charge in [0.05, 0.1) is 0 Å². The van der Waals surface area contributed by atoms with Crippen LogP contribution in [0.4, 0.5) is 0 Å². The first-order valence-electron chi connectivity index (χ1n) is 6.82. The van der Waals surface area contributed by atoms with Gasteiger partial charge in [0, 0.05) is 12.3 Å². The van der Waals surface area contributed by atoms with Crippen molar-refractivity contribution in [2.24, 2.45) is 17.8 Å². The monoisotopic (exact) mass is 208 g/mol. The lowest BCUT2D eigenvalue weighted by atomic mass is 9.79. The minimum atomic E-state index is 0.483. The van der Waals surface area contributed by atoms with Gasteiger partial charge in [0.15, 0.2) is 0 Å². The number of carbonyl (C=O) groups excluding carboxylic acids is 1. The van der Waals surface area contributed by atoms with Crippen LogP contribution in [0.1, 0.15) is 64.7 Å². The second-order valence-corrected chi connectivity index (χ2v) is 5.57. The van der Waals surface area contributed by atoms with Crippen LogP contribution >= 0.6 is 0 Å². The lowest BCUT2D eigenvalue weighted by molar-refractivity contribution is -0.120. The summed E-state index contributed by atoms with van der Waals surface area (Å²) in [5.74, 6) is 2.90. The predicted molar refractivity (Wildman–Crippen MR) is 62.7 cm³/mol. The number of ketones is 1. The molecule has 0 spiro atoms. The van der Waals surface area contributed by atoms with E-state index in [1.807, 2.05) is 0 Å². The summed E-state index contributed by atoms with van der Waals surface area (Å²) < 4.78 is 0. The molecule has 1 nitrogen and oxygen atoms in total. The Labute approximate surface area is 93.6 Å². The summed E-state index contributed by atoms with van der Waals surface area (Å²) in [4.78, 5) is 11.6. The Kier molecular flexibility index (Phi) is 3.82. The van der Waals surface area contributed by atoms with Gasteiger partial charge in [-0.1, -0.05) is 39.0 Å². The van der Waals surface area contributed by atoms with Crippen LogP contribution in [-0.2, 0) is 4.79 Å². The van der Waals surface area contributed by atoms with Crippen molar-refractivity contribution in [2.45, 2.75) is 64.7 Å². The molecule has 0 unspecified atom stereocenters. The fourth-order valence-electron chi connectivity index (χ4n) is 2.88. The van der Waals surface area contributed by atoms with E-state index in [1.54, 1.807) is 0 Å². The Balaban J connectivity index is 1.61. The molecule has 0 aromatic carbocycles. The van der Waals surface area contributed by atoms with E-state index < -0.39 is 0 Å². The maximum absolute atomic E-state index is 11.6. The first-order chi connectivity index (χ1) is 7.29. The Bertz CT molecular complexity index is 209. The zero-order chi connectivity index (χ0) is 10.7. The van der Waals surface area contributed by atoms with E-state index in [4.69, 9.17) is 0 Å². The van der Waals surface area contributed by atoms with E-state index in [0.717, 1.165) is 18.3 Å². The zero-order valence-corrected chi connectivity index (χ0v) is 10.0. The summed E-state index contributed by atoms with van der Waals surface area (Å²) in [7, 11) is 0. The molecule has 0 heterocycles. The van der Waals surface area contributed by atoms with Crippen LogP contribution in [-0.4, -0.2) is 5.78 Å². The van der Waals surface area contributed by atoms with Crippen molar-refractivity contribution in [3.63, 3.8) is 0 Å². The van der Waals surface area contributed by atoms with Gasteiger partial charge in [-0.05, 0) is 31.1 Å². The van der Waals surface area contributed by atoms with Crippen LogP contribution in [0.3, 0.4) is 0 Å². The Morgan fingerprint density at radius 2 is 1.60 bits per heavy atom. The van der Waals surface area contributed by atoms with Crippen LogP contribution in [0, 0.1) is 17.8 Å². The SMILES string of the molecule is CCC1CCC(CCC(=O)C2CC2)CC1. The van der Waals surface area contributed by atoms with Gasteiger partial charge in [-0.25, -0.2) is 0 Å². The van der Waals surface area contributed by atoms with Crippen molar-refractivity contribution in [3.05, 3.63) is 0 Å². The Morgan fingerprint density at radius 3 is 2.13 bits per heavy atom. The molecule has 15 heavy (non-hydrogen) atoms. The average molecular weight is 208 g/mol. The highest BCUT2D eigenvalue weighted by atomic mass is 16.1. The molecule has 0 bridgehead atoms. The second-order valence-electron chi connectivity index (χ2n) is 5.57. The third-order valence-electron chi connectivity index (χ3n) is 4.38. The smallest absolute Gasteiger partial charge is 0.135 e. The third kappa shape index (κ3) is 3.32. The summed E-state index contributed by atoms with van der Waals surface area (Å²) in [5.41, 5.74) is 0. The molecule has 2 fully saturated rings. The maximum atomic E-state index is 11.6. The molecule has 0 saturated heterocycles. The van der Waals surface area contributed by atoms with Crippen molar-refractivity contribution < 1.29 is 4.79 Å². The molecule has 0 aliphatic heterocycles. The molecule has 0 aromatic heterocycles. The lowest BCUT2D eigenvalue weighted by Crippen LogP contribution is -2.15. The van der Waals surface area contributed by atoms with E-state index in [-0.39, 0.29) is 0 Å². The van der Waals surface area contributed by atoms with Crippen LogP contribution < -0.4 is 0 Å². The predicted octanol–water partition coefficient (Wildman–Crippen LogP) is 3.96. The molecule has 0 amide bonds. The fraction of sp³-hybridized carbons (Fsp3) is 0.929.